The van der Waals surface area contributed by atoms with Crippen LogP contribution in [0.3, 0.4) is 0 Å². The van der Waals surface area contributed by atoms with Gasteiger partial charge in [-0.05, 0) is 17.5 Å². The molecule has 2 aromatic heterocycles. The molecule has 10 heteroatoms. The molecule has 0 saturated heterocycles. The number of phenols is 1. The van der Waals surface area contributed by atoms with E-state index >= 15 is 0 Å². The SMILES string of the molecule is CNC(=O)c1cc2ccccc2c(N)c1O.N#Cc1cnn(-c2ncccn2)c1N. The fourth-order valence-electron chi connectivity index (χ4n) is 2.68. The summed E-state index contributed by atoms with van der Waals surface area (Å²) in [6.45, 7) is 0. The number of rotatable bonds is 2. The van der Waals surface area contributed by atoms with Gasteiger partial charge in [-0.15, -0.1) is 0 Å². The summed E-state index contributed by atoms with van der Waals surface area (Å²) in [4.78, 5) is 19.4. The lowest BCUT2D eigenvalue weighted by molar-refractivity contribution is 0.0960. The highest BCUT2D eigenvalue weighted by Gasteiger charge is 2.14. The number of aromatic nitrogens is 4. The number of anilines is 2. The van der Waals surface area contributed by atoms with Gasteiger partial charge < -0.3 is 21.9 Å². The van der Waals surface area contributed by atoms with Crippen LogP contribution in [0, 0.1) is 11.3 Å². The summed E-state index contributed by atoms with van der Waals surface area (Å²) >= 11 is 0. The van der Waals surface area contributed by atoms with E-state index in [0.717, 1.165) is 10.8 Å². The molecule has 0 atom stereocenters. The highest BCUT2D eigenvalue weighted by Crippen LogP contribution is 2.33. The van der Waals surface area contributed by atoms with E-state index in [4.69, 9.17) is 16.7 Å². The van der Waals surface area contributed by atoms with Crippen LogP contribution in [0.1, 0.15) is 15.9 Å². The number of phenolic OH excluding ortho intramolecular Hbond substituents is 1. The zero-order valence-corrected chi connectivity index (χ0v) is 15.9. The first-order valence-electron chi connectivity index (χ1n) is 8.71. The van der Waals surface area contributed by atoms with E-state index in [9.17, 15) is 9.90 Å². The van der Waals surface area contributed by atoms with E-state index in [2.05, 4.69) is 20.4 Å². The van der Waals surface area contributed by atoms with Gasteiger partial charge in [0.15, 0.2) is 5.75 Å². The Labute approximate surface area is 171 Å². The van der Waals surface area contributed by atoms with Crippen LogP contribution in [0.4, 0.5) is 11.5 Å². The molecule has 150 valence electrons. The lowest BCUT2D eigenvalue weighted by atomic mass is 10.0. The second-order valence-corrected chi connectivity index (χ2v) is 6.00. The summed E-state index contributed by atoms with van der Waals surface area (Å²) in [7, 11) is 1.51. The fourth-order valence-corrected chi connectivity index (χ4v) is 2.68. The standard InChI is InChI=1S/C12H12N2O2.C8H6N6/c1-14-12(16)9-6-7-4-2-3-5-8(7)10(13)11(9)15;9-4-6-5-13-14(7(6)10)8-11-2-1-3-12-8/h2-6,15H,13H2,1H3,(H,14,16);1-3,5H,10H2. The van der Waals surface area contributed by atoms with Crippen LogP contribution in [0.25, 0.3) is 16.7 Å². The van der Waals surface area contributed by atoms with Gasteiger partial charge in [0.2, 0.25) is 0 Å². The van der Waals surface area contributed by atoms with Crippen molar-refractivity contribution in [1.29, 1.82) is 5.26 Å². The molecule has 0 unspecified atom stereocenters. The van der Waals surface area contributed by atoms with E-state index < -0.39 is 0 Å². The first kappa shape index (κ1) is 20.1. The minimum Gasteiger partial charge on any atom is -0.505 e. The monoisotopic (exact) mass is 402 g/mol. The summed E-state index contributed by atoms with van der Waals surface area (Å²) in [5.41, 5.74) is 12.2. The van der Waals surface area contributed by atoms with E-state index in [-0.39, 0.29) is 28.7 Å². The summed E-state index contributed by atoms with van der Waals surface area (Å²) in [5, 5.41) is 26.4. The van der Waals surface area contributed by atoms with Crippen LogP contribution in [0.15, 0.2) is 55.0 Å². The predicted molar refractivity (Wildman–Crippen MR) is 112 cm³/mol. The Morgan fingerprint density at radius 1 is 1.20 bits per heavy atom. The highest BCUT2D eigenvalue weighted by atomic mass is 16.3. The van der Waals surface area contributed by atoms with E-state index in [1.807, 2.05) is 24.3 Å². The van der Waals surface area contributed by atoms with Crippen LogP contribution in [0.2, 0.25) is 0 Å². The summed E-state index contributed by atoms with van der Waals surface area (Å²) in [5.74, 6) is 0.0817. The number of amides is 1. The second kappa shape index (κ2) is 8.57. The van der Waals surface area contributed by atoms with Crippen molar-refractivity contribution >= 4 is 28.2 Å². The molecule has 6 N–H and O–H groups in total. The lowest BCUT2D eigenvalue weighted by Gasteiger charge is -2.09. The molecule has 0 bridgehead atoms. The van der Waals surface area contributed by atoms with Crippen LogP contribution in [0.5, 0.6) is 5.75 Å². The van der Waals surface area contributed by atoms with Crippen molar-refractivity contribution in [3.63, 3.8) is 0 Å². The average Bonchev–Trinajstić information content (AvgIpc) is 3.17. The number of hydrogen-bond acceptors (Lipinski definition) is 8. The summed E-state index contributed by atoms with van der Waals surface area (Å²) in [6, 6.07) is 12.6. The Balaban J connectivity index is 0.000000172. The molecule has 30 heavy (non-hydrogen) atoms. The van der Waals surface area contributed by atoms with Gasteiger partial charge in [-0.3, -0.25) is 4.79 Å². The van der Waals surface area contributed by atoms with Gasteiger partial charge in [0.25, 0.3) is 11.9 Å². The molecule has 0 saturated carbocycles. The van der Waals surface area contributed by atoms with Gasteiger partial charge in [-0.2, -0.15) is 15.0 Å². The summed E-state index contributed by atoms with van der Waals surface area (Å²) < 4.78 is 1.32. The number of fused-ring (bicyclic) bond motifs is 1. The van der Waals surface area contributed by atoms with E-state index in [1.54, 1.807) is 30.6 Å². The van der Waals surface area contributed by atoms with Crippen LogP contribution in [-0.2, 0) is 0 Å². The molecule has 0 radical (unpaired) electrons. The van der Waals surface area contributed by atoms with E-state index in [1.165, 1.54) is 17.9 Å². The molecule has 0 aliphatic heterocycles. The zero-order valence-electron chi connectivity index (χ0n) is 15.9. The number of benzene rings is 2. The molecule has 10 nitrogen and oxygen atoms in total. The van der Waals surface area contributed by atoms with Crippen LogP contribution >= 0.6 is 0 Å². The third kappa shape index (κ3) is 3.81. The van der Waals surface area contributed by atoms with Gasteiger partial charge in [-0.1, -0.05) is 24.3 Å². The maximum atomic E-state index is 11.5. The Bertz CT molecular complexity index is 1250. The normalized spacial score (nSPS) is 10.0. The number of carbonyl (C=O) groups excluding carboxylic acids is 1. The number of nitriles is 1. The highest BCUT2D eigenvalue weighted by molar-refractivity contribution is 6.06. The second-order valence-electron chi connectivity index (χ2n) is 6.00. The van der Waals surface area contributed by atoms with Gasteiger partial charge in [0.1, 0.15) is 17.5 Å². The van der Waals surface area contributed by atoms with Gasteiger partial charge in [0.05, 0.1) is 17.4 Å². The third-order valence-electron chi connectivity index (χ3n) is 4.20. The number of nitrogens with one attached hydrogen (secondary N) is 1. The molecule has 1 amide bonds. The number of carbonyl (C=O) groups is 1. The first-order valence-corrected chi connectivity index (χ1v) is 8.71. The smallest absolute Gasteiger partial charge is 0.254 e. The largest absolute Gasteiger partial charge is 0.505 e. The molecule has 2 aromatic carbocycles. The zero-order chi connectivity index (χ0) is 21.7. The maximum absolute atomic E-state index is 11.5. The third-order valence-corrected chi connectivity index (χ3v) is 4.20. The molecular weight excluding hydrogens is 384 g/mol. The lowest BCUT2D eigenvalue weighted by Crippen LogP contribution is -2.18. The molecule has 0 fully saturated rings. The average molecular weight is 402 g/mol. The van der Waals surface area contributed by atoms with Crippen molar-refractivity contribution in [2.24, 2.45) is 0 Å². The van der Waals surface area contributed by atoms with E-state index in [0.29, 0.717) is 11.5 Å². The fraction of sp³-hybridized carbons (Fsp3) is 0.0500. The molecule has 4 aromatic rings. The summed E-state index contributed by atoms with van der Waals surface area (Å²) in [6.07, 6.45) is 4.54. The minimum atomic E-state index is -0.352. The predicted octanol–water partition coefficient (Wildman–Crippen LogP) is 1.60. The first-order chi connectivity index (χ1) is 14.5. The maximum Gasteiger partial charge on any atom is 0.254 e. The molecule has 2 heterocycles. The van der Waals surface area contributed by atoms with Crippen molar-refractivity contribution in [3.05, 3.63) is 66.1 Å². The Hall–Kier alpha value is -4.65. The van der Waals surface area contributed by atoms with Crippen molar-refractivity contribution in [3.8, 4) is 17.8 Å². The Morgan fingerprint density at radius 2 is 1.90 bits per heavy atom. The van der Waals surface area contributed by atoms with Crippen molar-refractivity contribution in [2.75, 3.05) is 18.5 Å². The van der Waals surface area contributed by atoms with Gasteiger partial charge in [0, 0.05) is 24.8 Å². The van der Waals surface area contributed by atoms with Crippen molar-refractivity contribution < 1.29 is 9.90 Å². The minimum absolute atomic E-state index is 0.168. The molecule has 4 rings (SSSR count). The Morgan fingerprint density at radius 3 is 2.53 bits per heavy atom. The molecule has 0 aliphatic rings. The number of nitrogen functional groups attached to an aromatic ring is 2. The number of nitrogens with two attached hydrogens (primary N) is 2. The number of nitrogens with zero attached hydrogens (tertiary/aromatic N) is 5. The number of aromatic hydroxyl groups is 1. The topological polar surface area (TPSA) is 169 Å². The number of hydrogen-bond donors (Lipinski definition) is 4. The van der Waals surface area contributed by atoms with Crippen molar-refractivity contribution in [2.45, 2.75) is 0 Å². The van der Waals surface area contributed by atoms with Crippen molar-refractivity contribution in [1.82, 2.24) is 25.1 Å². The van der Waals surface area contributed by atoms with Crippen LogP contribution in [-0.4, -0.2) is 37.8 Å². The molecular formula is C20H18N8O2. The molecule has 0 spiro atoms. The quantitative estimate of drug-likeness (QED) is 0.289. The molecule has 0 aliphatic carbocycles. The van der Waals surface area contributed by atoms with Crippen LogP contribution < -0.4 is 16.8 Å². The van der Waals surface area contributed by atoms with Gasteiger partial charge >= 0.3 is 0 Å². The van der Waals surface area contributed by atoms with Gasteiger partial charge in [-0.25, -0.2) is 9.97 Å². The Kier molecular flexibility index (Phi) is 5.74.